The number of rotatable bonds is 8. The minimum atomic E-state index is -0.184. The largest absolute Gasteiger partial charge is 0.467 e. The van der Waals surface area contributed by atoms with Gasteiger partial charge in [0.1, 0.15) is 5.76 Å². The average molecular weight is 464 g/mol. The summed E-state index contributed by atoms with van der Waals surface area (Å²) in [4.78, 5) is 29.6. The molecule has 6 nitrogen and oxygen atoms in total. The lowest BCUT2D eigenvalue weighted by Crippen LogP contribution is -2.31. The molecule has 6 heteroatoms. The van der Waals surface area contributed by atoms with Crippen molar-refractivity contribution in [2.24, 2.45) is 0 Å². The minimum Gasteiger partial charge on any atom is -0.467 e. The number of hydrogen-bond acceptors (Lipinski definition) is 4. The summed E-state index contributed by atoms with van der Waals surface area (Å²) in [6, 6.07) is 29.5. The van der Waals surface area contributed by atoms with E-state index in [1.54, 1.807) is 53.4 Å². The predicted octanol–water partition coefficient (Wildman–Crippen LogP) is 5.20. The molecular formula is C29H25N3O3. The number of hydrogen-bond donors (Lipinski definition) is 0. The molecule has 0 spiro atoms. The molecule has 4 rings (SSSR count). The van der Waals surface area contributed by atoms with Crippen LogP contribution in [-0.2, 0) is 24.3 Å². The highest BCUT2D eigenvalue weighted by Gasteiger charge is 2.20. The van der Waals surface area contributed by atoms with Gasteiger partial charge in [0.15, 0.2) is 0 Å². The predicted molar refractivity (Wildman–Crippen MR) is 133 cm³/mol. The second-order valence-corrected chi connectivity index (χ2v) is 8.24. The Morgan fingerprint density at radius 1 is 0.857 bits per heavy atom. The first-order valence-electron chi connectivity index (χ1n) is 11.2. The first-order valence-corrected chi connectivity index (χ1v) is 11.2. The highest BCUT2D eigenvalue weighted by atomic mass is 16.3. The second-order valence-electron chi connectivity index (χ2n) is 8.24. The van der Waals surface area contributed by atoms with E-state index >= 15 is 0 Å². The lowest BCUT2D eigenvalue weighted by Gasteiger charge is -2.24. The van der Waals surface area contributed by atoms with Crippen molar-refractivity contribution in [1.82, 2.24) is 4.90 Å². The van der Waals surface area contributed by atoms with Crippen LogP contribution in [0.25, 0.3) is 0 Å². The Hall–Kier alpha value is -4.63. The molecule has 0 aliphatic heterocycles. The van der Waals surface area contributed by atoms with E-state index in [1.165, 1.54) is 0 Å². The van der Waals surface area contributed by atoms with Gasteiger partial charge in [0.05, 0.1) is 37.4 Å². The number of nitriles is 1. The van der Waals surface area contributed by atoms with Crippen molar-refractivity contribution >= 4 is 17.5 Å². The molecule has 2 amide bonds. The first-order chi connectivity index (χ1) is 17.0. The Morgan fingerprint density at radius 2 is 1.60 bits per heavy atom. The van der Waals surface area contributed by atoms with E-state index in [4.69, 9.17) is 9.68 Å². The van der Waals surface area contributed by atoms with Gasteiger partial charge in [0, 0.05) is 18.3 Å². The Morgan fingerprint density at radius 3 is 2.29 bits per heavy atom. The van der Waals surface area contributed by atoms with E-state index in [9.17, 15) is 9.59 Å². The monoisotopic (exact) mass is 463 g/mol. The quantitative estimate of drug-likeness (QED) is 0.360. The summed E-state index contributed by atoms with van der Waals surface area (Å²) >= 11 is 0. The van der Waals surface area contributed by atoms with Crippen molar-refractivity contribution in [3.8, 4) is 6.07 Å². The number of carbonyl (C=O) groups excluding carboxylic acids is 2. The SMILES string of the molecule is CN(Cc1ccco1)C(=O)Cc1cccc(N(Cc2ccccc2)C(=O)c2ccc(C#N)cc2)c1. The third-order valence-electron chi connectivity index (χ3n) is 5.67. The van der Waals surface area contributed by atoms with E-state index in [2.05, 4.69) is 6.07 Å². The third-order valence-corrected chi connectivity index (χ3v) is 5.67. The molecule has 3 aromatic carbocycles. The van der Waals surface area contributed by atoms with Gasteiger partial charge in [0.2, 0.25) is 5.91 Å². The number of likely N-dealkylation sites (N-methyl/N-ethyl adjacent to an activating group) is 1. The molecule has 0 bridgehead atoms. The van der Waals surface area contributed by atoms with Gasteiger partial charge in [-0.05, 0) is 59.7 Å². The zero-order chi connectivity index (χ0) is 24.6. The van der Waals surface area contributed by atoms with Gasteiger partial charge in [-0.1, -0.05) is 42.5 Å². The van der Waals surface area contributed by atoms with E-state index in [-0.39, 0.29) is 18.2 Å². The fraction of sp³-hybridized carbons (Fsp3) is 0.138. The lowest BCUT2D eigenvalue weighted by atomic mass is 10.1. The summed E-state index contributed by atoms with van der Waals surface area (Å²) in [5, 5.41) is 9.08. The van der Waals surface area contributed by atoms with Crippen molar-refractivity contribution in [3.05, 3.63) is 125 Å². The summed E-state index contributed by atoms with van der Waals surface area (Å²) < 4.78 is 5.34. The number of anilines is 1. The zero-order valence-corrected chi connectivity index (χ0v) is 19.4. The third kappa shape index (κ3) is 6.04. The molecule has 174 valence electrons. The van der Waals surface area contributed by atoms with Gasteiger partial charge in [-0.15, -0.1) is 0 Å². The molecule has 1 aromatic heterocycles. The highest BCUT2D eigenvalue weighted by molar-refractivity contribution is 6.06. The lowest BCUT2D eigenvalue weighted by molar-refractivity contribution is -0.129. The van der Waals surface area contributed by atoms with E-state index in [0.29, 0.717) is 29.9 Å². The summed E-state index contributed by atoms with van der Waals surface area (Å²) in [7, 11) is 1.74. The van der Waals surface area contributed by atoms with Crippen LogP contribution >= 0.6 is 0 Å². The van der Waals surface area contributed by atoms with Crippen LogP contribution in [0.1, 0.15) is 32.8 Å². The van der Waals surface area contributed by atoms with E-state index in [1.807, 2.05) is 60.7 Å². The molecule has 0 fully saturated rings. The fourth-order valence-electron chi connectivity index (χ4n) is 3.76. The van der Waals surface area contributed by atoms with Crippen LogP contribution in [0.15, 0.2) is 102 Å². The summed E-state index contributed by atoms with van der Waals surface area (Å²) in [6.45, 7) is 0.762. The molecule has 35 heavy (non-hydrogen) atoms. The Kier molecular flexibility index (Phi) is 7.39. The maximum atomic E-state index is 13.5. The van der Waals surface area contributed by atoms with Crippen LogP contribution in [0, 0.1) is 11.3 Å². The van der Waals surface area contributed by atoms with Crippen LogP contribution in [0.5, 0.6) is 0 Å². The summed E-state index contributed by atoms with van der Waals surface area (Å²) in [5.41, 5.74) is 3.47. The van der Waals surface area contributed by atoms with Crippen molar-refractivity contribution in [3.63, 3.8) is 0 Å². The van der Waals surface area contributed by atoms with Gasteiger partial charge in [-0.2, -0.15) is 5.26 Å². The second kappa shape index (κ2) is 11.0. The maximum Gasteiger partial charge on any atom is 0.258 e. The number of nitrogens with zero attached hydrogens (tertiary/aromatic N) is 3. The average Bonchev–Trinajstić information content (AvgIpc) is 3.41. The molecule has 0 N–H and O–H groups in total. The topological polar surface area (TPSA) is 77.6 Å². The van der Waals surface area contributed by atoms with Crippen LogP contribution < -0.4 is 4.90 Å². The Balaban J connectivity index is 1.58. The molecular weight excluding hydrogens is 438 g/mol. The fourth-order valence-corrected chi connectivity index (χ4v) is 3.76. The van der Waals surface area contributed by atoms with Crippen molar-refractivity contribution in [2.45, 2.75) is 19.5 Å². The maximum absolute atomic E-state index is 13.5. The van der Waals surface area contributed by atoms with E-state index < -0.39 is 0 Å². The molecule has 1 heterocycles. The van der Waals surface area contributed by atoms with Gasteiger partial charge in [0.25, 0.3) is 5.91 Å². The van der Waals surface area contributed by atoms with Crippen molar-refractivity contribution in [2.75, 3.05) is 11.9 Å². The number of amides is 2. The smallest absolute Gasteiger partial charge is 0.258 e. The van der Waals surface area contributed by atoms with Gasteiger partial charge < -0.3 is 14.2 Å². The van der Waals surface area contributed by atoms with Gasteiger partial charge in [-0.3, -0.25) is 9.59 Å². The molecule has 0 saturated heterocycles. The van der Waals surface area contributed by atoms with Gasteiger partial charge >= 0.3 is 0 Å². The standard InChI is InChI=1S/C29H25N3O3/c1-31(21-27-11-6-16-35-27)28(33)18-24-9-5-10-26(17-24)32(20-23-7-3-2-4-8-23)29(34)25-14-12-22(19-30)13-15-25/h2-17H,18,20-21H2,1H3. The molecule has 0 atom stereocenters. The van der Waals surface area contributed by atoms with Crippen LogP contribution in [0.3, 0.4) is 0 Å². The Bertz CT molecular complexity index is 1320. The zero-order valence-electron chi connectivity index (χ0n) is 19.4. The summed E-state index contributed by atoms with van der Waals surface area (Å²) in [5.74, 6) is 0.486. The van der Waals surface area contributed by atoms with Crippen LogP contribution in [0.2, 0.25) is 0 Å². The normalized spacial score (nSPS) is 10.4. The molecule has 0 unspecified atom stereocenters. The number of benzene rings is 3. The molecule has 0 aliphatic carbocycles. The van der Waals surface area contributed by atoms with E-state index in [0.717, 1.165) is 16.9 Å². The molecule has 0 saturated carbocycles. The molecule has 0 radical (unpaired) electrons. The van der Waals surface area contributed by atoms with Crippen molar-refractivity contribution < 1.29 is 14.0 Å². The number of furan rings is 1. The first kappa shape index (κ1) is 23.5. The van der Waals surface area contributed by atoms with Gasteiger partial charge in [-0.25, -0.2) is 0 Å². The molecule has 0 aliphatic rings. The van der Waals surface area contributed by atoms with Crippen molar-refractivity contribution in [1.29, 1.82) is 5.26 Å². The highest BCUT2D eigenvalue weighted by Crippen LogP contribution is 2.23. The minimum absolute atomic E-state index is 0.0495. The summed E-state index contributed by atoms with van der Waals surface area (Å²) in [6.07, 6.45) is 1.79. The molecule has 4 aromatic rings. The number of carbonyl (C=O) groups is 2. The van der Waals surface area contributed by atoms with Crippen LogP contribution in [-0.4, -0.2) is 23.8 Å². The van der Waals surface area contributed by atoms with Crippen LogP contribution in [0.4, 0.5) is 5.69 Å². The Labute approximate surface area is 204 Å².